The third-order valence-electron chi connectivity index (χ3n) is 3.86. The Kier molecular flexibility index (Phi) is 3.94. The van der Waals surface area contributed by atoms with E-state index >= 15 is 0 Å². The molecule has 0 spiro atoms. The van der Waals surface area contributed by atoms with Crippen LogP contribution in [0.15, 0.2) is 29.2 Å². The highest BCUT2D eigenvalue weighted by Gasteiger charge is 2.30. The van der Waals surface area contributed by atoms with Gasteiger partial charge in [0.25, 0.3) is 0 Å². The van der Waals surface area contributed by atoms with E-state index in [0.29, 0.717) is 6.54 Å². The average molecular weight is 305 g/mol. The quantitative estimate of drug-likeness (QED) is 0.923. The lowest BCUT2D eigenvalue weighted by Crippen LogP contribution is -2.50. The Morgan fingerprint density at radius 3 is 2.95 bits per heavy atom. The zero-order chi connectivity index (χ0) is 14.8. The van der Waals surface area contributed by atoms with Gasteiger partial charge in [-0.3, -0.25) is 4.90 Å². The Bertz CT molecular complexity index is 609. The maximum Gasteiger partial charge on any atom is 0.321 e. The van der Waals surface area contributed by atoms with E-state index in [9.17, 15) is 4.79 Å². The van der Waals surface area contributed by atoms with Gasteiger partial charge in [-0.2, -0.15) is 11.3 Å². The number of hydrogen-bond acceptors (Lipinski definition) is 4. The van der Waals surface area contributed by atoms with Crippen LogP contribution in [0.25, 0.3) is 0 Å². The molecule has 6 nitrogen and oxygen atoms in total. The number of imidazole rings is 1. The normalized spacial score (nSPS) is 19.7. The van der Waals surface area contributed by atoms with Gasteiger partial charge in [-0.25, -0.2) is 9.78 Å². The predicted molar refractivity (Wildman–Crippen MR) is 83.5 cm³/mol. The molecular weight excluding hydrogens is 286 g/mol. The molecule has 0 saturated carbocycles. The minimum atomic E-state index is -0.0410. The van der Waals surface area contributed by atoms with Crippen molar-refractivity contribution in [1.82, 2.24) is 19.4 Å². The molecule has 2 amide bonds. The van der Waals surface area contributed by atoms with E-state index in [4.69, 9.17) is 0 Å². The second-order valence-electron chi connectivity index (χ2n) is 5.28. The molecule has 0 aromatic carbocycles. The second-order valence-corrected chi connectivity index (χ2v) is 6.06. The van der Waals surface area contributed by atoms with Crippen molar-refractivity contribution in [2.75, 3.05) is 32.0 Å². The highest BCUT2D eigenvalue weighted by atomic mass is 32.1. The van der Waals surface area contributed by atoms with E-state index in [1.807, 2.05) is 39.5 Å². The summed E-state index contributed by atoms with van der Waals surface area (Å²) < 4.78 is 2.02. The SMILES string of the molecule is CN1CCN(C(=O)Nc2ccsc2)CC1c1nccn1C. The number of aryl methyl sites for hydroxylation is 1. The van der Waals surface area contributed by atoms with Gasteiger partial charge in [-0.05, 0) is 18.5 Å². The Hall–Kier alpha value is -1.86. The van der Waals surface area contributed by atoms with Crippen LogP contribution in [0.2, 0.25) is 0 Å². The molecule has 3 heterocycles. The number of nitrogens with zero attached hydrogens (tertiary/aromatic N) is 4. The Morgan fingerprint density at radius 2 is 2.29 bits per heavy atom. The summed E-state index contributed by atoms with van der Waals surface area (Å²) in [4.78, 5) is 20.9. The van der Waals surface area contributed by atoms with E-state index in [-0.39, 0.29) is 12.1 Å². The number of aromatic nitrogens is 2. The van der Waals surface area contributed by atoms with Gasteiger partial charge in [0.2, 0.25) is 0 Å². The summed E-state index contributed by atoms with van der Waals surface area (Å²) in [6.45, 7) is 2.22. The van der Waals surface area contributed by atoms with Crippen molar-refractivity contribution >= 4 is 23.1 Å². The average Bonchev–Trinajstić information content (AvgIpc) is 3.11. The van der Waals surface area contributed by atoms with E-state index in [1.54, 1.807) is 17.5 Å². The molecule has 1 aliphatic rings. The van der Waals surface area contributed by atoms with Gasteiger partial charge >= 0.3 is 6.03 Å². The van der Waals surface area contributed by atoms with Crippen molar-refractivity contribution in [2.45, 2.75) is 6.04 Å². The number of carbonyl (C=O) groups excluding carboxylic acids is 1. The molecule has 112 valence electrons. The van der Waals surface area contributed by atoms with Crippen LogP contribution in [0.5, 0.6) is 0 Å². The van der Waals surface area contributed by atoms with Gasteiger partial charge < -0.3 is 14.8 Å². The Labute approximate surface area is 128 Å². The van der Waals surface area contributed by atoms with E-state index in [2.05, 4.69) is 22.2 Å². The largest absolute Gasteiger partial charge is 0.337 e. The van der Waals surface area contributed by atoms with Crippen LogP contribution in [0.3, 0.4) is 0 Å². The van der Waals surface area contributed by atoms with E-state index < -0.39 is 0 Å². The lowest BCUT2D eigenvalue weighted by atomic mass is 10.1. The molecule has 2 aromatic rings. The number of urea groups is 1. The molecule has 7 heteroatoms. The molecule has 1 N–H and O–H groups in total. The topological polar surface area (TPSA) is 53.4 Å². The molecule has 3 rings (SSSR count). The fraction of sp³-hybridized carbons (Fsp3) is 0.429. The van der Waals surface area contributed by atoms with Crippen molar-refractivity contribution in [1.29, 1.82) is 0 Å². The standard InChI is InChI=1S/C14H19N5OS/c1-17-6-7-19(14(20)16-11-3-8-21-10-11)9-12(17)13-15-4-5-18(13)2/h3-5,8,10,12H,6-7,9H2,1-2H3,(H,16,20). The summed E-state index contributed by atoms with van der Waals surface area (Å²) in [5, 5.41) is 6.83. The summed E-state index contributed by atoms with van der Waals surface area (Å²) in [5.41, 5.74) is 0.859. The Morgan fingerprint density at radius 1 is 1.43 bits per heavy atom. The van der Waals surface area contributed by atoms with Crippen molar-refractivity contribution in [3.05, 3.63) is 35.0 Å². The highest BCUT2D eigenvalue weighted by molar-refractivity contribution is 7.08. The van der Waals surface area contributed by atoms with Gasteiger partial charge in [-0.1, -0.05) is 0 Å². The molecule has 0 bridgehead atoms. The summed E-state index contributed by atoms with van der Waals surface area (Å²) in [6, 6.07) is 2.00. The van der Waals surface area contributed by atoms with Gasteiger partial charge in [-0.15, -0.1) is 0 Å². The molecular formula is C14H19N5OS. The van der Waals surface area contributed by atoms with Gasteiger partial charge in [0, 0.05) is 44.5 Å². The zero-order valence-corrected chi connectivity index (χ0v) is 13.0. The number of hydrogen-bond donors (Lipinski definition) is 1. The number of likely N-dealkylation sites (N-methyl/N-ethyl adjacent to an activating group) is 1. The van der Waals surface area contributed by atoms with E-state index in [0.717, 1.165) is 24.6 Å². The number of amides is 2. The maximum atomic E-state index is 12.3. The number of carbonyl (C=O) groups is 1. The number of nitrogens with one attached hydrogen (secondary N) is 1. The van der Waals surface area contributed by atoms with Crippen LogP contribution in [0, 0.1) is 0 Å². The molecule has 1 saturated heterocycles. The number of thiophene rings is 1. The van der Waals surface area contributed by atoms with Crippen LogP contribution >= 0.6 is 11.3 Å². The Balaban J connectivity index is 1.70. The summed E-state index contributed by atoms with van der Waals surface area (Å²) >= 11 is 1.57. The molecule has 1 aliphatic heterocycles. The summed E-state index contributed by atoms with van der Waals surface area (Å²) in [7, 11) is 4.06. The minimum absolute atomic E-state index is 0.0410. The molecule has 21 heavy (non-hydrogen) atoms. The third-order valence-corrected chi connectivity index (χ3v) is 4.55. The second kappa shape index (κ2) is 5.87. The van der Waals surface area contributed by atoms with Crippen molar-refractivity contribution in [2.24, 2.45) is 7.05 Å². The first-order valence-electron chi connectivity index (χ1n) is 6.90. The summed E-state index contributed by atoms with van der Waals surface area (Å²) in [5.74, 6) is 0.991. The smallest absolute Gasteiger partial charge is 0.321 e. The molecule has 1 atom stereocenters. The minimum Gasteiger partial charge on any atom is -0.337 e. The van der Waals surface area contributed by atoms with Crippen molar-refractivity contribution < 1.29 is 4.79 Å². The lowest BCUT2D eigenvalue weighted by molar-refractivity contribution is 0.110. The molecule has 0 aliphatic carbocycles. The number of piperazine rings is 1. The van der Waals surface area contributed by atoms with Gasteiger partial charge in [0.1, 0.15) is 5.82 Å². The molecule has 2 aromatic heterocycles. The molecule has 1 unspecified atom stereocenters. The first-order chi connectivity index (χ1) is 10.1. The first kappa shape index (κ1) is 14.1. The van der Waals surface area contributed by atoms with Gasteiger partial charge in [0.15, 0.2) is 0 Å². The fourth-order valence-electron chi connectivity index (χ4n) is 2.57. The number of rotatable bonds is 2. The van der Waals surface area contributed by atoms with Crippen LogP contribution in [0.1, 0.15) is 11.9 Å². The highest BCUT2D eigenvalue weighted by Crippen LogP contribution is 2.23. The predicted octanol–water partition coefficient (Wildman–Crippen LogP) is 2.00. The van der Waals surface area contributed by atoms with Crippen LogP contribution in [0.4, 0.5) is 10.5 Å². The molecule has 1 fully saturated rings. The van der Waals surface area contributed by atoms with Crippen molar-refractivity contribution in [3.63, 3.8) is 0 Å². The molecule has 0 radical (unpaired) electrons. The third kappa shape index (κ3) is 2.93. The van der Waals surface area contributed by atoms with Crippen LogP contribution in [-0.2, 0) is 7.05 Å². The zero-order valence-electron chi connectivity index (χ0n) is 12.2. The summed E-state index contributed by atoms with van der Waals surface area (Å²) in [6.07, 6.45) is 3.74. The number of anilines is 1. The maximum absolute atomic E-state index is 12.3. The fourth-order valence-corrected chi connectivity index (χ4v) is 3.16. The van der Waals surface area contributed by atoms with Crippen molar-refractivity contribution in [3.8, 4) is 0 Å². The van der Waals surface area contributed by atoms with Crippen LogP contribution < -0.4 is 5.32 Å². The lowest BCUT2D eigenvalue weighted by Gasteiger charge is -2.38. The van der Waals surface area contributed by atoms with E-state index in [1.165, 1.54) is 0 Å². The van der Waals surface area contributed by atoms with Crippen LogP contribution in [-0.4, -0.2) is 52.1 Å². The van der Waals surface area contributed by atoms with Gasteiger partial charge in [0.05, 0.1) is 11.7 Å². The monoisotopic (exact) mass is 305 g/mol. The first-order valence-corrected chi connectivity index (χ1v) is 7.85.